The molecule has 0 amide bonds. The molecule has 1 rings (SSSR count). The van der Waals surface area contributed by atoms with Crippen molar-refractivity contribution < 1.29 is 14.3 Å². The molecule has 0 atom stereocenters. The van der Waals surface area contributed by atoms with Gasteiger partial charge in [-0.2, -0.15) is 0 Å². The fourth-order valence-electron chi connectivity index (χ4n) is 1.10. The van der Waals surface area contributed by atoms with Crippen molar-refractivity contribution in [1.29, 1.82) is 0 Å². The Balaban J connectivity index is 2.56. The summed E-state index contributed by atoms with van der Waals surface area (Å²) in [4.78, 5) is 0. The third-order valence-corrected chi connectivity index (χ3v) is 1.78. The van der Waals surface area contributed by atoms with Crippen LogP contribution >= 0.6 is 0 Å². The van der Waals surface area contributed by atoms with Gasteiger partial charge in [0.15, 0.2) is 0 Å². The topological polar surface area (TPSA) is 67.8 Å². The summed E-state index contributed by atoms with van der Waals surface area (Å²) in [5.41, 5.74) is 6.24. The van der Waals surface area contributed by atoms with Crippen molar-refractivity contribution >= 4 is 5.84 Å². The first kappa shape index (κ1) is 11.3. The van der Waals surface area contributed by atoms with Crippen LogP contribution in [0.25, 0.3) is 0 Å². The van der Waals surface area contributed by atoms with Crippen molar-refractivity contribution in [3.05, 3.63) is 29.8 Å². The Morgan fingerprint density at radius 3 is 2.60 bits per heavy atom. The highest BCUT2D eigenvalue weighted by molar-refractivity contribution is 5.81. The number of alkyl halides is 1. The van der Waals surface area contributed by atoms with Gasteiger partial charge in [0.05, 0.1) is 0 Å². The summed E-state index contributed by atoms with van der Waals surface area (Å²) in [6.07, 6.45) is 0.375. The molecule has 1 aromatic carbocycles. The van der Waals surface area contributed by atoms with Crippen LogP contribution in [0.2, 0.25) is 0 Å². The number of nitrogens with zero attached hydrogens (tertiary/aromatic N) is 1. The molecule has 3 N–H and O–H groups in total. The van der Waals surface area contributed by atoms with Gasteiger partial charge in [-0.05, 0) is 17.7 Å². The Labute approximate surface area is 87.2 Å². The lowest BCUT2D eigenvalue weighted by Gasteiger charge is -2.04. The van der Waals surface area contributed by atoms with Crippen LogP contribution in [0.5, 0.6) is 5.75 Å². The average molecular weight is 212 g/mol. The number of amidine groups is 1. The molecule has 0 unspecified atom stereocenters. The second kappa shape index (κ2) is 5.85. The molecule has 0 aromatic heterocycles. The van der Waals surface area contributed by atoms with Gasteiger partial charge in [0, 0.05) is 6.42 Å². The minimum absolute atomic E-state index is 0.0551. The van der Waals surface area contributed by atoms with E-state index in [9.17, 15) is 4.39 Å². The van der Waals surface area contributed by atoms with E-state index in [0.29, 0.717) is 12.2 Å². The number of nitrogens with two attached hydrogens (primary N) is 1. The van der Waals surface area contributed by atoms with Gasteiger partial charge in [-0.1, -0.05) is 17.3 Å². The quantitative estimate of drug-likeness (QED) is 0.335. The van der Waals surface area contributed by atoms with E-state index >= 15 is 0 Å². The van der Waals surface area contributed by atoms with Crippen molar-refractivity contribution in [2.45, 2.75) is 6.42 Å². The van der Waals surface area contributed by atoms with E-state index in [1.165, 1.54) is 0 Å². The molecule has 0 heterocycles. The number of hydrogen-bond acceptors (Lipinski definition) is 3. The fourth-order valence-corrected chi connectivity index (χ4v) is 1.10. The number of halogens is 1. The van der Waals surface area contributed by atoms with Gasteiger partial charge in [0.2, 0.25) is 0 Å². The predicted octanol–water partition coefficient (Wildman–Crippen LogP) is 1.32. The van der Waals surface area contributed by atoms with E-state index < -0.39 is 6.67 Å². The highest BCUT2D eigenvalue weighted by Crippen LogP contribution is 2.12. The van der Waals surface area contributed by atoms with Crippen LogP contribution in [0.4, 0.5) is 4.39 Å². The van der Waals surface area contributed by atoms with Crippen LogP contribution < -0.4 is 10.5 Å². The van der Waals surface area contributed by atoms with Gasteiger partial charge in [0.1, 0.15) is 24.9 Å². The SMILES string of the molecule is N/C(Cc1ccc(OCCF)cc1)=N/O. The summed E-state index contributed by atoms with van der Waals surface area (Å²) in [5.74, 6) is 0.753. The molecule has 0 radical (unpaired) electrons. The maximum atomic E-state index is 11.8. The fraction of sp³-hybridized carbons (Fsp3) is 0.300. The van der Waals surface area contributed by atoms with Crippen LogP contribution in [0.15, 0.2) is 29.4 Å². The average Bonchev–Trinajstić information content (AvgIpc) is 2.28. The maximum Gasteiger partial charge on any atom is 0.143 e. The number of ether oxygens (including phenoxy) is 1. The van der Waals surface area contributed by atoms with Crippen LogP contribution in [-0.4, -0.2) is 24.3 Å². The number of rotatable bonds is 5. The van der Waals surface area contributed by atoms with Crippen molar-refractivity contribution in [2.24, 2.45) is 10.9 Å². The zero-order valence-corrected chi connectivity index (χ0v) is 8.19. The zero-order valence-electron chi connectivity index (χ0n) is 8.19. The molecule has 4 nitrogen and oxygen atoms in total. The smallest absolute Gasteiger partial charge is 0.143 e. The number of benzene rings is 1. The molecular formula is C10H13FN2O2. The molecule has 0 aliphatic heterocycles. The Morgan fingerprint density at radius 1 is 1.40 bits per heavy atom. The molecule has 5 heteroatoms. The molecule has 0 bridgehead atoms. The standard InChI is InChI=1S/C10H13FN2O2/c11-5-6-15-9-3-1-8(2-4-9)7-10(12)13-14/h1-4,14H,5-7H2,(H2,12,13). The van der Waals surface area contributed by atoms with E-state index in [-0.39, 0.29) is 12.4 Å². The molecule has 82 valence electrons. The second-order valence-electron chi connectivity index (χ2n) is 2.95. The summed E-state index contributed by atoms with van der Waals surface area (Å²) >= 11 is 0. The first-order valence-electron chi connectivity index (χ1n) is 4.50. The molecule has 0 aliphatic rings. The first-order chi connectivity index (χ1) is 7.26. The van der Waals surface area contributed by atoms with Gasteiger partial charge >= 0.3 is 0 Å². The van der Waals surface area contributed by atoms with Gasteiger partial charge in [0.25, 0.3) is 0 Å². The van der Waals surface area contributed by atoms with Gasteiger partial charge in [-0.15, -0.1) is 0 Å². The summed E-state index contributed by atoms with van der Waals surface area (Å²) in [6, 6.07) is 7.00. The van der Waals surface area contributed by atoms with Crippen LogP contribution in [0.3, 0.4) is 0 Å². The molecule has 0 saturated carbocycles. The van der Waals surface area contributed by atoms with E-state index in [1.54, 1.807) is 24.3 Å². The summed E-state index contributed by atoms with van der Waals surface area (Å²) in [6.45, 7) is -0.453. The van der Waals surface area contributed by atoms with Crippen LogP contribution in [0, 0.1) is 0 Å². The highest BCUT2D eigenvalue weighted by atomic mass is 19.1. The predicted molar refractivity (Wildman–Crippen MR) is 55.0 cm³/mol. The third kappa shape index (κ3) is 3.84. The minimum Gasteiger partial charge on any atom is -0.491 e. The molecule has 0 fully saturated rings. The largest absolute Gasteiger partial charge is 0.491 e. The van der Waals surface area contributed by atoms with Crippen molar-refractivity contribution in [2.75, 3.05) is 13.3 Å². The lowest BCUT2D eigenvalue weighted by Crippen LogP contribution is -2.14. The van der Waals surface area contributed by atoms with Gasteiger partial charge in [-0.25, -0.2) is 4.39 Å². The second-order valence-corrected chi connectivity index (χ2v) is 2.95. The van der Waals surface area contributed by atoms with E-state index in [2.05, 4.69) is 5.16 Å². The molecule has 1 aromatic rings. The Hall–Kier alpha value is -1.78. The normalized spacial score (nSPS) is 11.4. The summed E-state index contributed by atoms with van der Waals surface area (Å²) in [5, 5.41) is 11.2. The van der Waals surface area contributed by atoms with Gasteiger partial charge < -0.3 is 15.7 Å². The lowest BCUT2D eigenvalue weighted by atomic mass is 10.1. The first-order valence-corrected chi connectivity index (χ1v) is 4.50. The van der Waals surface area contributed by atoms with Crippen LogP contribution in [0.1, 0.15) is 5.56 Å². The Kier molecular flexibility index (Phi) is 4.40. The van der Waals surface area contributed by atoms with Crippen molar-refractivity contribution in [1.82, 2.24) is 0 Å². The Bertz CT molecular complexity index is 325. The van der Waals surface area contributed by atoms with E-state index in [4.69, 9.17) is 15.7 Å². The minimum atomic E-state index is -0.508. The zero-order chi connectivity index (χ0) is 11.1. The monoisotopic (exact) mass is 212 g/mol. The van der Waals surface area contributed by atoms with E-state index in [0.717, 1.165) is 5.56 Å². The molecular weight excluding hydrogens is 199 g/mol. The highest BCUT2D eigenvalue weighted by Gasteiger charge is 1.98. The van der Waals surface area contributed by atoms with Crippen LogP contribution in [-0.2, 0) is 6.42 Å². The summed E-state index contributed by atoms with van der Waals surface area (Å²) < 4.78 is 16.8. The Morgan fingerprint density at radius 2 is 2.07 bits per heavy atom. The maximum absolute atomic E-state index is 11.8. The molecule has 15 heavy (non-hydrogen) atoms. The van der Waals surface area contributed by atoms with Gasteiger partial charge in [-0.3, -0.25) is 0 Å². The van der Waals surface area contributed by atoms with Crippen molar-refractivity contribution in [3.8, 4) is 5.75 Å². The molecule has 0 aliphatic carbocycles. The van der Waals surface area contributed by atoms with Crippen molar-refractivity contribution in [3.63, 3.8) is 0 Å². The molecule has 0 spiro atoms. The molecule has 0 saturated heterocycles. The van der Waals surface area contributed by atoms with E-state index in [1.807, 2.05) is 0 Å². The summed E-state index contributed by atoms with van der Waals surface area (Å²) in [7, 11) is 0. The number of oxime groups is 1. The number of hydrogen-bond donors (Lipinski definition) is 2. The lowest BCUT2D eigenvalue weighted by molar-refractivity contribution is 0.273. The third-order valence-electron chi connectivity index (χ3n) is 1.78.